The van der Waals surface area contributed by atoms with Crippen molar-refractivity contribution in [2.45, 2.75) is 19.4 Å². The molecule has 0 aliphatic rings. The average Bonchev–Trinajstić information content (AvgIpc) is 2.75. The van der Waals surface area contributed by atoms with Crippen LogP contribution in [0, 0.1) is 0 Å². The number of aliphatic carboxylic acids is 1. The number of carboxylic acids is 1. The number of nitrogens with two attached hydrogens (primary N) is 1. The van der Waals surface area contributed by atoms with Gasteiger partial charge < -0.3 is 19.5 Å². The first kappa shape index (κ1) is 29.3. The van der Waals surface area contributed by atoms with E-state index in [1.165, 1.54) is 0 Å². The number of alkyl halides is 2. The molecule has 0 heterocycles. The monoisotopic (exact) mass is 514 g/mol. The maximum atomic E-state index is 10.6. The lowest BCUT2D eigenvalue weighted by Crippen LogP contribution is -2.34. The van der Waals surface area contributed by atoms with E-state index in [2.05, 4.69) is 0 Å². The van der Waals surface area contributed by atoms with Gasteiger partial charge in [-0.2, -0.15) is 9.42 Å². The standard InChI is InChI=1S/C20H34Cl2N3O6P/c1-24(10-6-20(26)27)9-3-13-30-19-5-2-4-18(16-19)17-29-14-15-31-32(23,28)25(11-7-21)12-8-22/h2,4-5,16,28H,3,6-15,17,23H2,1H3/p+1. The maximum absolute atomic E-state index is 10.6. The van der Waals surface area contributed by atoms with Gasteiger partial charge in [0.25, 0.3) is 0 Å². The molecule has 9 nitrogen and oxygen atoms in total. The van der Waals surface area contributed by atoms with Crippen molar-refractivity contribution in [2.24, 2.45) is 5.50 Å². The number of hydrogen-bond acceptors (Lipinski definition) is 8. The molecule has 0 spiro atoms. The first-order chi connectivity index (χ1) is 15.3. The number of hydrogen-bond donors (Lipinski definition) is 3. The third kappa shape index (κ3) is 13.1. The molecular formula is C20H35Cl2N3O6P+. The van der Waals surface area contributed by atoms with E-state index in [0.717, 1.165) is 24.3 Å². The molecule has 0 aliphatic carbocycles. The molecule has 0 amide bonds. The molecule has 1 aromatic rings. The van der Waals surface area contributed by atoms with Gasteiger partial charge in [-0.15, -0.1) is 33.4 Å². The highest BCUT2D eigenvalue weighted by atomic mass is 35.5. The normalized spacial score (nSPS) is 13.5. The molecule has 1 rings (SSSR count). The molecule has 0 saturated carbocycles. The molecule has 0 saturated heterocycles. The van der Waals surface area contributed by atoms with E-state index in [4.69, 9.17) is 47.8 Å². The highest BCUT2D eigenvalue weighted by molar-refractivity contribution is 7.60. The minimum Gasteiger partial charge on any atom is -0.494 e. The Morgan fingerprint density at radius 1 is 1.12 bits per heavy atom. The van der Waals surface area contributed by atoms with E-state index < -0.39 is 14.0 Å². The Morgan fingerprint density at radius 2 is 1.84 bits per heavy atom. The zero-order valence-corrected chi connectivity index (χ0v) is 20.9. The topological polar surface area (TPSA) is 118 Å². The van der Waals surface area contributed by atoms with Crippen LogP contribution in [-0.2, 0) is 20.7 Å². The molecule has 184 valence electrons. The zero-order valence-electron chi connectivity index (χ0n) is 18.5. The highest BCUT2D eigenvalue weighted by Gasteiger charge is 2.41. The molecule has 0 aliphatic heterocycles. The van der Waals surface area contributed by atoms with Crippen molar-refractivity contribution in [1.29, 1.82) is 0 Å². The molecular weight excluding hydrogens is 480 g/mol. The van der Waals surface area contributed by atoms with Gasteiger partial charge >= 0.3 is 14.0 Å². The molecule has 4 N–H and O–H groups in total. The van der Waals surface area contributed by atoms with Crippen LogP contribution in [0.5, 0.6) is 5.75 Å². The van der Waals surface area contributed by atoms with E-state index >= 15 is 0 Å². The van der Waals surface area contributed by atoms with Gasteiger partial charge in [-0.3, -0.25) is 4.79 Å². The van der Waals surface area contributed by atoms with E-state index in [0.29, 0.717) is 44.6 Å². The van der Waals surface area contributed by atoms with Gasteiger partial charge in [0.05, 0.1) is 39.3 Å². The predicted octanol–water partition coefficient (Wildman–Crippen LogP) is 2.80. The molecule has 1 unspecified atom stereocenters. The lowest BCUT2D eigenvalue weighted by molar-refractivity contribution is -0.137. The number of halogens is 2. The summed E-state index contributed by atoms with van der Waals surface area (Å²) in [6.45, 7) is 3.38. The Labute approximate surface area is 200 Å². The second-order valence-corrected chi connectivity index (χ2v) is 9.86. The lowest BCUT2D eigenvalue weighted by atomic mass is 10.2. The Hall–Kier alpha value is -0.740. The van der Waals surface area contributed by atoms with Crippen molar-refractivity contribution >= 4 is 37.2 Å². The third-order valence-electron chi connectivity index (χ3n) is 4.43. The maximum Gasteiger partial charge on any atom is 0.428 e. The lowest BCUT2D eigenvalue weighted by Gasteiger charge is -2.24. The third-order valence-corrected chi connectivity index (χ3v) is 6.54. The van der Waals surface area contributed by atoms with Crippen LogP contribution in [0.4, 0.5) is 0 Å². The van der Waals surface area contributed by atoms with Gasteiger partial charge in [0.15, 0.2) is 0 Å². The molecule has 1 atom stereocenters. The second kappa shape index (κ2) is 16.8. The van der Waals surface area contributed by atoms with Crippen molar-refractivity contribution in [3.05, 3.63) is 29.8 Å². The quantitative estimate of drug-likeness (QED) is 0.145. The summed E-state index contributed by atoms with van der Waals surface area (Å²) in [7, 11) is -1.31. The summed E-state index contributed by atoms with van der Waals surface area (Å²) >= 11 is 11.5. The Balaban J connectivity index is 2.28. The van der Waals surface area contributed by atoms with Crippen LogP contribution in [0.3, 0.4) is 0 Å². The first-order valence-electron chi connectivity index (χ1n) is 10.4. The molecule has 12 heteroatoms. The number of carbonyl (C=O) groups is 1. The molecule has 1 aromatic carbocycles. The van der Waals surface area contributed by atoms with Crippen molar-refractivity contribution in [2.75, 3.05) is 64.8 Å². The van der Waals surface area contributed by atoms with Crippen LogP contribution < -0.4 is 10.2 Å². The molecule has 0 bridgehead atoms. The van der Waals surface area contributed by atoms with E-state index in [1.54, 1.807) is 4.67 Å². The minimum absolute atomic E-state index is 0.135. The molecule has 0 radical (unpaired) electrons. The fraction of sp³-hybridized carbons (Fsp3) is 0.650. The number of nitrogens with zero attached hydrogens (tertiary/aromatic N) is 2. The fourth-order valence-electron chi connectivity index (χ4n) is 2.74. The smallest absolute Gasteiger partial charge is 0.428 e. The summed E-state index contributed by atoms with van der Waals surface area (Å²) < 4.78 is 18.4. The number of ether oxygens (including phenoxy) is 2. The number of carboxylic acid groups (broad SMARTS) is 1. The summed E-state index contributed by atoms with van der Waals surface area (Å²) in [5.41, 5.74) is 6.85. The van der Waals surface area contributed by atoms with Crippen LogP contribution >= 0.6 is 31.2 Å². The largest absolute Gasteiger partial charge is 0.494 e. The van der Waals surface area contributed by atoms with Crippen molar-refractivity contribution in [3.8, 4) is 5.75 Å². The van der Waals surface area contributed by atoms with Crippen LogP contribution in [0.2, 0.25) is 0 Å². The van der Waals surface area contributed by atoms with Crippen LogP contribution in [-0.4, -0.2) is 90.3 Å². The second-order valence-electron chi connectivity index (χ2n) is 7.10. The molecule has 0 fully saturated rings. The Bertz CT molecular complexity index is 654. The summed E-state index contributed by atoms with van der Waals surface area (Å²) in [6.07, 6.45) is 0.930. The first-order valence-corrected chi connectivity index (χ1v) is 13.2. The van der Waals surface area contributed by atoms with Gasteiger partial charge in [-0.05, 0) is 31.2 Å². The van der Waals surface area contributed by atoms with Gasteiger partial charge in [-0.1, -0.05) is 12.1 Å². The minimum atomic E-state index is -3.21. The van der Waals surface area contributed by atoms with E-state index in [9.17, 15) is 9.69 Å². The van der Waals surface area contributed by atoms with Gasteiger partial charge in [0, 0.05) is 24.8 Å². The summed E-state index contributed by atoms with van der Waals surface area (Å²) in [5.74, 6) is 0.584. The summed E-state index contributed by atoms with van der Waals surface area (Å²) in [6, 6.07) is 7.61. The summed E-state index contributed by atoms with van der Waals surface area (Å²) in [5, 5.41) is 8.70. The predicted molar refractivity (Wildman–Crippen MR) is 128 cm³/mol. The SMILES string of the molecule is CN(CCCOc1cccc(COCCO[P+](N)(O)N(CCCl)CCCl)c1)CCC(=O)O. The van der Waals surface area contributed by atoms with E-state index in [-0.39, 0.29) is 19.6 Å². The highest BCUT2D eigenvalue weighted by Crippen LogP contribution is 2.50. The van der Waals surface area contributed by atoms with Crippen molar-refractivity contribution in [3.63, 3.8) is 0 Å². The van der Waals surface area contributed by atoms with Gasteiger partial charge in [0.2, 0.25) is 0 Å². The van der Waals surface area contributed by atoms with Crippen LogP contribution in [0.15, 0.2) is 24.3 Å². The Morgan fingerprint density at radius 3 is 2.50 bits per heavy atom. The van der Waals surface area contributed by atoms with Gasteiger partial charge in [0.1, 0.15) is 12.4 Å². The average molecular weight is 515 g/mol. The van der Waals surface area contributed by atoms with Gasteiger partial charge in [-0.25, -0.2) is 0 Å². The van der Waals surface area contributed by atoms with E-state index in [1.807, 2.05) is 36.2 Å². The van der Waals surface area contributed by atoms with Crippen molar-refractivity contribution in [1.82, 2.24) is 9.57 Å². The number of benzene rings is 1. The molecule has 0 aromatic heterocycles. The molecule has 32 heavy (non-hydrogen) atoms. The summed E-state index contributed by atoms with van der Waals surface area (Å²) in [4.78, 5) is 22.9. The van der Waals surface area contributed by atoms with Crippen LogP contribution in [0.25, 0.3) is 0 Å². The van der Waals surface area contributed by atoms with Crippen molar-refractivity contribution < 1.29 is 28.8 Å². The zero-order chi connectivity index (χ0) is 23.8. The number of rotatable bonds is 19. The fourth-order valence-corrected chi connectivity index (χ4v) is 4.67. The Kier molecular flexibility index (Phi) is 15.4. The van der Waals surface area contributed by atoms with Crippen LogP contribution in [0.1, 0.15) is 18.4 Å².